The second-order valence-electron chi connectivity index (χ2n) is 6.99. The first-order valence-corrected chi connectivity index (χ1v) is 8.58. The number of piperidine rings is 1. The molecule has 0 saturated carbocycles. The Morgan fingerprint density at radius 2 is 2.15 bits per heavy atom. The molecule has 0 aromatic heterocycles. The molecule has 1 fully saturated rings. The van der Waals surface area contributed by atoms with Gasteiger partial charge in [0.25, 0.3) is 5.91 Å². The molecule has 2 atom stereocenters. The van der Waals surface area contributed by atoms with Gasteiger partial charge in [0.2, 0.25) is 0 Å². The minimum atomic E-state index is -0.826. The van der Waals surface area contributed by atoms with Gasteiger partial charge >= 0.3 is 0 Å². The molecule has 1 saturated heterocycles. The van der Waals surface area contributed by atoms with E-state index in [2.05, 4.69) is 17.6 Å². The van der Waals surface area contributed by atoms with Crippen molar-refractivity contribution < 1.29 is 9.18 Å². The van der Waals surface area contributed by atoms with Crippen LogP contribution in [0.2, 0.25) is 0 Å². The molecular weight excluding hydrogens is 331 g/mol. The van der Waals surface area contributed by atoms with Gasteiger partial charge in [-0.05, 0) is 30.2 Å². The molecule has 3 rings (SSSR count). The molecule has 1 aromatic rings. The molecule has 5 nitrogen and oxygen atoms in total. The molecule has 1 aliphatic carbocycles. The maximum absolute atomic E-state index is 13.7. The highest BCUT2D eigenvalue weighted by atomic mass is 19.1. The van der Waals surface area contributed by atoms with Crippen LogP contribution in [0.3, 0.4) is 0 Å². The molecular formula is C20H23FN4O. The Morgan fingerprint density at radius 3 is 2.81 bits per heavy atom. The molecule has 5 N–H and O–H groups in total. The number of carbonyl (C=O) groups is 1. The zero-order chi connectivity index (χ0) is 18.7. The predicted octanol–water partition coefficient (Wildman–Crippen LogP) is 2.57. The van der Waals surface area contributed by atoms with E-state index in [4.69, 9.17) is 11.1 Å². The van der Waals surface area contributed by atoms with Gasteiger partial charge in [0.15, 0.2) is 0 Å². The fourth-order valence-corrected chi connectivity index (χ4v) is 3.38. The lowest BCUT2D eigenvalue weighted by Gasteiger charge is -2.36. The number of halogens is 1. The highest BCUT2D eigenvalue weighted by molar-refractivity contribution is 6.28. The average molecular weight is 354 g/mol. The van der Waals surface area contributed by atoms with Crippen molar-refractivity contribution in [2.45, 2.75) is 24.9 Å². The van der Waals surface area contributed by atoms with Crippen molar-refractivity contribution >= 4 is 17.3 Å². The fraction of sp³-hybridized carbons (Fsp3) is 0.300. The van der Waals surface area contributed by atoms with Crippen molar-refractivity contribution in [1.29, 1.82) is 5.41 Å². The number of nitrogens with one attached hydrogen (secondary N) is 3. The second-order valence-corrected chi connectivity index (χ2v) is 6.99. The van der Waals surface area contributed by atoms with Crippen molar-refractivity contribution in [3.05, 3.63) is 65.4 Å². The lowest BCUT2D eigenvalue weighted by Crippen LogP contribution is -2.46. The molecule has 2 aliphatic rings. The number of alkyl halides is 1. The molecule has 1 amide bonds. The summed E-state index contributed by atoms with van der Waals surface area (Å²) in [4.78, 5) is 11.3. The molecule has 1 heterocycles. The standard InChI is InChI=1S/C20H23FN4O/c1-20(9-15(21)11-24-12-20)14-5-7-16(8-6-14)25-10-13-3-2-4-17(18(13)22)19(23)26/h2-8,10,15,22,24-25H,9,11-12H2,1H3,(H2,23,26)/b13-10-,22-18?. The van der Waals surface area contributed by atoms with Crippen LogP contribution in [0.15, 0.2) is 59.8 Å². The topological polar surface area (TPSA) is 91.0 Å². The van der Waals surface area contributed by atoms with E-state index in [1.165, 1.54) is 6.08 Å². The first kappa shape index (κ1) is 18.1. The van der Waals surface area contributed by atoms with Crippen molar-refractivity contribution in [2.24, 2.45) is 5.73 Å². The number of allylic oxidation sites excluding steroid dienone is 4. The quantitative estimate of drug-likeness (QED) is 0.670. The number of hydrogen-bond donors (Lipinski definition) is 4. The second kappa shape index (κ2) is 7.25. The largest absolute Gasteiger partial charge is 0.366 e. The van der Waals surface area contributed by atoms with Gasteiger partial charge in [-0.3, -0.25) is 10.2 Å². The summed E-state index contributed by atoms with van der Waals surface area (Å²) >= 11 is 0. The van der Waals surface area contributed by atoms with Crippen LogP contribution in [-0.4, -0.2) is 30.9 Å². The number of amides is 1. The Morgan fingerprint density at radius 1 is 1.42 bits per heavy atom. The molecule has 0 spiro atoms. The van der Waals surface area contributed by atoms with Crippen LogP contribution in [0.25, 0.3) is 0 Å². The number of rotatable bonds is 4. The molecule has 1 aliphatic heterocycles. The Balaban J connectivity index is 1.70. The number of carbonyl (C=O) groups excluding carboxylic acids is 1. The zero-order valence-corrected chi connectivity index (χ0v) is 14.7. The van der Waals surface area contributed by atoms with E-state index in [0.29, 0.717) is 18.5 Å². The molecule has 26 heavy (non-hydrogen) atoms. The molecule has 6 heteroatoms. The van der Waals surface area contributed by atoms with Crippen LogP contribution in [0.4, 0.5) is 10.1 Å². The maximum atomic E-state index is 13.7. The number of primary amides is 1. The minimum Gasteiger partial charge on any atom is -0.366 e. The highest BCUT2D eigenvalue weighted by Gasteiger charge is 2.33. The summed E-state index contributed by atoms with van der Waals surface area (Å²) in [6.07, 6.45) is 6.33. The lowest BCUT2D eigenvalue weighted by molar-refractivity contribution is -0.114. The lowest BCUT2D eigenvalue weighted by atomic mass is 9.76. The third-order valence-electron chi connectivity index (χ3n) is 4.89. The van der Waals surface area contributed by atoms with E-state index in [1.807, 2.05) is 24.3 Å². The average Bonchev–Trinajstić information content (AvgIpc) is 2.61. The highest BCUT2D eigenvalue weighted by Crippen LogP contribution is 2.32. The van der Waals surface area contributed by atoms with Crippen LogP contribution in [0, 0.1) is 5.41 Å². The Hall–Kier alpha value is -2.73. The summed E-state index contributed by atoms with van der Waals surface area (Å²) in [5, 5.41) is 14.3. The molecule has 0 bridgehead atoms. The maximum Gasteiger partial charge on any atom is 0.250 e. The fourth-order valence-electron chi connectivity index (χ4n) is 3.38. The van der Waals surface area contributed by atoms with Crippen LogP contribution < -0.4 is 16.4 Å². The van der Waals surface area contributed by atoms with Crippen LogP contribution in [-0.2, 0) is 10.2 Å². The Kier molecular flexibility index (Phi) is 5.04. The molecule has 136 valence electrons. The van der Waals surface area contributed by atoms with Gasteiger partial charge in [-0.1, -0.05) is 31.2 Å². The zero-order valence-electron chi connectivity index (χ0n) is 14.7. The minimum absolute atomic E-state index is 0.0962. The third kappa shape index (κ3) is 3.75. The van der Waals surface area contributed by atoms with E-state index in [-0.39, 0.29) is 16.7 Å². The van der Waals surface area contributed by atoms with Crippen LogP contribution >= 0.6 is 0 Å². The van der Waals surface area contributed by atoms with E-state index >= 15 is 0 Å². The number of anilines is 1. The van der Waals surface area contributed by atoms with Crippen LogP contribution in [0.5, 0.6) is 0 Å². The van der Waals surface area contributed by atoms with Gasteiger partial charge in [0.05, 0.1) is 11.3 Å². The van der Waals surface area contributed by atoms with Gasteiger partial charge in [0.1, 0.15) is 6.17 Å². The number of benzene rings is 1. The van der Waals surface area contributed by atoms with Gasteiger partial charge in [-0.25, -0.2) is 4.39 Å². The van der Waals surface area contributed by atoms with Gasteiger partial charge < -0.3 is 16.4 Å². The first-order chi connectivity index (χ1) is 12.4. The van der Waals surface area contributed by atoms with E-state index in [1.54, 1.807) is 18.4 Å². The van der Waals surface area contributed by atoms with Gasteiger partial charge in [-0.2, -0.15) is 0 Å². The van der Waals surface area contributed by atoms with E-state index in [0.717, 1.165) is 17.8 Å². The Labute approximate surface area is 152 Å². The summed E-state index contributed by atoms with van der Waals surface area (Å²) in [7, 11) is 0. The molecule has 2 unspecified atom stereocenters. The summed E-state index contributed by atoms with van der Waals surface area (Å²) in [6.45, 7) is 3.25. The monoisotopic (exact) mass is 354 g/mol. The third-order valence-corrected chi connectivity index (χ3v) is 4.89. The summed E-state index contributed by atoms with van der Waals surface area (Å²) in [5.41, 5.74) is 7.86. The SMILES string of the molecule is CC1(c2ccc(N/C=C3/C=CC=C(C(N)=O)C3=N)cc2)CNCC(F)C1. The molecule has 0 radical (unpaired) electrons. The van der Waals surface area contributed by atoms with E-state index in [9.17, 15) is 9.18 Å². The van der Waals surface area contributed by atoms with Gasteiger partial charge in [0, 0.05) is 36.0 Å². The van der Waals surface area contributed by atoms with Crippen LogP contribution in [0.1, 0.15) is 18.9 Å². The summed E-state index contributed by atoms with van der Waals surface area (Å²) in [6, 6.07) is 7.86. The molecule has 1 aromatic carbocycles. The van der Waals surface area contributed by atoms with Gasteiger partial charge in [-0.15, -0.1) is 0 Å². The number of nitrogens with two attached hydrogens (primary N) is 1. The van der Waals surface area contributed by atoms with Crippen molar-refractivity contribution in [2.75, 3.05) is 18.4 Å². The smallest absolute Gasteiger partial charge is 0.250 e. The summed E-state index contributed by atoms with van der Waals surface area (Å²) < 4.78 is 13.7. The number of hydrogen-bond acceptors (Lipinski definition) is 4. The predicted molar refractivity (Wildman–Crippen MR) is 102 cm³/mol. The van der Waals surface area contributed by atoms with Crippen molar-refractivity contribution in [1.82, 2.24) is 5.32 Å². The van der Waals surface area contributed by atoms with Crippen molar-refractivity contribution in [3.8, 4) is 0 Å². The first-order valence-electron chi connectivity index (χ1n) is 8.58. The Bertz CT molecular complexity index is 810. The summed E-state index contributed by atoms with van der Waals surface area (Å²) in [5.74, 6) is -0.616. The normalized spacial score (nSPS) is 27.3. The van der Waals surface area contributed by atoms with Crippen molar-refractivity contribution in [3.63, 3.8) is 0 Å². The van der Waals surface area contributed by atoms with E-state index < -0.39 is 12.1 Å².